The second kappa shape index (κ2) is 6.55. The van der Waals surface area contributed by atoms with E-state index in [4.69, 9.17) is 0 Å². The van der Waals surface area contributed by atoms with E-state index in [2.05, 4.69) is 30.7 Å². The Morgan fingerprint density at radius 3 is 2.32 bits per heavy atom. The minimum Gasteiger partial charge on any atom is -0.396 e. The van der Waals surface area contributed by atoms with Crippen molar-refractivity contribution < 1.29 is 5.11 Å². The summed E-state index contributed by atoms with van der Waals surface area (Å²) < 4.78 is 0. The van der Waals surface area contributed by atoms with Crippen LogP contribution >= 0.6 is 0 Å². The number of piperazine rings is 1. The van der Waals surface area contributed by atoms with E-state index in [1.165, 1.54) is 38.5 Å². The zero-order valence-electron chi connectivity index (χ0n) is 13.1. The Hall–Kier alpha value is -0.120. The van der Waals surface area contributed by atoms with E-state index >= 15 is 0 Å². The maximum atomic E-state index is 9.40. The molecule has 3 nitrogen and oxygen atoms in total. The molecule has 0 spiro atoms. The molecule has 0 aromatic carbocycles. The normalized spacial score (nSPS) is 31.3. The van der Waals surface area contributed by atoms with E-state index in [0.29, 0.717) is 12.6 Å². The molecule has 0 bridgehead atoms. The van der Waals surface area contributed by atoms with E-state index in [-0.39, 0.29) is 5.54 Å². The molecule has 19 heavy (non-hydrogen) atoms. The second-order valence-corrected chi connectivity index (χ2v) is 7.23. The van der Waals surface area contributed by atoms with Crippen molar-refractivity contribution in [3.8, 4) is 0 Å². The van der Waals surface area contributed by atoms with Gasteiger partial charge in [0.1, 0.15) is 0 Å². The van der Waals surface area contributed by atoms with Gasteiger partial charge in [-0.1, -0.05) is 25.7 Å². The summed E-state index contributed by atoms with van der Waals surface area (Å²) >= 11 is 0. The molecule has 1 heterocycles. The molecular weight excluding hydrogens is 236 g/mol. The van der Waals surface area contributed by atoms with Gasteiger partial charge in [0.2, 0.25) is 0 Å². The fraction of sp³-hybridized carbons (Fsp3) is 1.00. The second-order valence-electron chi connectivity index (χ2n) is 7.23. The Kier molecular flexibility index (Phi) is 5.27. The van der Waals surface area contributed by atoms with E-state index in [0.717, 1.165) is 25.6 Å². The zero-order chi connectivity index (χ0) is 13.9. The van der Waals surface area contributed by atoms with Crippen LogP contribution in [-0.4, -0.2) is 59.3 Å². The molecule has 2 fully saturated rings. The van der Waals surface area contributed by atoms with Crippen LogP contribution in [0.3, 0.4) is 0 Å². The minimum absolute atomic E-state index is 0.238. The van der Waals surface area contributed by atoms with Gasteiger partial charge in [-0.25, -0.2) is 0 Å². The van der Waals surface area contributed by atoms with E-state index in [9.17, 15) is 5.11 Å². The summed E-state index contributed by atoms with van der Waals surface area (Å²) in [6, 6.07) is 1.27. The van der Waals surface area contributed by atoms with Crippen LogP contribution in [0.1, 0.15) is 58.8 Å². The first-order valence-electron chi connectivity index (χ1n) is 8.12. The third kappa shape index (κ3) is 3.71. The Labute approximate surface area is 119 Å². The third-order valence-electron chi connectivity index (χ3n) is 4.95. The Bertz CT molecular complexity index is 270. The van der Waals surface area contributed by atoms with Gasteiger partial charge in [0.15, 0.2) is 0 Å². The van der Waals surface area contributed by atoms with Crippen molar-refractivity contribution in [3.63, 3.8) is 0 Å². The van der Waals surface area contributed by atoms with Crippen LogP contribution in [0.5, 0.6) is 0 Å². The summed E-state index contributed by atoms with van der Waals surface area (Å²) in [5, 5.41) is 9.40. The summed E-state index contributed by atoms with van der Waals surface area (Å²) in [6.45, 7) is 7.35. The van der Waals surface area contributed by atoms with Crippen LogP contribution in [0.15, 0.2) is 0 Å². The highest BCUT2D eigenvalue weighted by Crippen LogP contribution is 2.33. The molecule has 1 N–H and O–H groups in total. The van der Waals surface area contributed by atoms with Gasteiger partial charge in [-0.3, -0.25) is 4.90 Å². The molecule has 1 aliphatic carbocycles. The highest BCUT2D eigenvalue weighted by Gasteiger charge is 2.41. The molecule has 0 aromatic rings. The molecule has 2 rings (SSSR count). The molecule has 112 valence electrons. The number of likely N-dealkylation sites (N-methyl/N-ethyl adjacent to an activating group) is 1. The molecule has 2 aliphatic rings. The first kappa shape index (κ1) is 15.3. The van der Waals surface area contributed by atoms with Gasteiger partial charge in [-0.2, -0.15) is 0 Å². The lowest BCUT2D eigenvalue weighted by Gasteiger charge is -2.54. The molecule has 1 saturated carbocycles. The predicted octanol–water partition coefficient (Wildman–Crippen LogP) is 2.49. The van der Waals surface area contributed by atoms with Gasteiger partial charge >= 0.3 is 0 Å². The lowest BCUT2D eigenvalue weighted by atomic mass is 9.89. The van der Waals surface area contributed by atoms with Crippen LogP contribution in [0.4, 0.5) is 0 Å². The monoisotopic (exact) mass is 268 g/mol. The average Bonchev–Trinajstić information content (AvgIpc) is 2.56. The predicted molar refractivity (Wildman–Crippen MR) is 80.4 cm³/mol. The summed E-state index contributed by atoms with van der Waals surface area (Å²) in [4.78, 5) is 5.21. The van der Waals surface area contributed by atoms with Gasteiger partial charge < -0.3 is 10.0 Å². The third-order valence-corrected chi connectivity index (χ3v) is 4.95. The average molecular weight is 268 g/mol. The lowest BCUT2D eigenvalue weighted by molar-refractivity contribution is -0.0571. The maximum absolute atomic E-state index is 9.40. The molecule has 0 aromatic heterocycles. The van der Waals surface area contributed by atoms with Crippen molar-refractivity contribution in [1.29, 1.82) is 0 Å². The van der Waals surface area contributed by atoms with Crippen molar-refractivity contribution >= 4 is 0 Å². The number of hydrogen-bond donors (Lipinski definition) is 1. The quantitative estimate of drug-likeness (QED) is 0.797. The molecule has 3 heteroatoms. The van der Waals surface area contributed by atoms with E-state index in [1.54, 1.807) is 0 Å². The summed E-state index contributed by atoms with van der Waals surface area (Å²) in [7, 11) is 2.22. The first-order chi connectivity index (χ1) is 9.04. The van der Waals surface area contributed by atoms with Gasteiger partial charge in [-0.15, -0.1) is 0 Å². The van der Waals surface area contributed by atoms with Crippen LogP contribution in [0, 0.1) is 0 Å². The fourth-order valence-electron chi connectivity index (χ4n) is 4.46. The van der Waals surface area contributed by atoms with Crippen molar-refractivity contribution in [2.45, 2.75) is 76.4 Å². The van der Waals surface area contributed by atoms with Crippen molar-refractivity contribution in [1.82, 2.24) is 9.80 Å². The number of rotatable bonds is 3. The van der Waals surface area contributed by atoms with Crippen molar-refractivity contribution in [3.05, 3.63) is 0 Å². The summed E-state index contributed by atoms with van der Waals surface area (Å²) in [5.74, 6) is 0. The summed E-state index contributed by atoms with van der Waals surface area (Å²) in [6.07, 6.45) is 9.23. The van der Waals surface area contributed by atoms with E-state index < -0.39 is 0 Å². The van der Waals surface area contributed by atoms with Crippen molar-refractivity contribution in [2.75, 3.05) is 26.7 Å². The van der Waals surface area contributed by atoms with Gasteiger partial charge in [0, 0.05) is 37.3 Å². The molecule has 0 amide bonds. The topological polar surface area (TPSA) is 26.7 Å². The highest BCUT2D eigenvalue weighted by molar-refractivity contribution is 4.98. The number of nitrogens with zero attached hydrogens (tertiary/aromatic N) is 2. The lowest BCUT2D eigenvalue weighted by Crippen LogP contribution is -2.66. The Balaban J connectivity index is 2.14. The largest absolute Gasteiger partial charge is 0.396 e. The highest BCUT2D eigenvalue weighted by atomic mass is 16.3. The molecule has 1 aliphatic heterocycles. The van der Waals surface area contributed by atoms with Gasteiger partial charge in [0.25, 0.3) is 0 Å². The molecular formula is C16H32N2O. The fourth-order valence-corrected chi connectivity index (χ4v) is 4.46. The van der Waals surface area contributed by atoms with Crippen LogP contribution in [0.2, 0.25) is 0 Å². The SMILES string of the molecule is CN1CC(CCO)N(C2CCCCCC2)C(C)(C)C1. The molecule has 1 saturated heterocycles. The van der Waals surface area contributed by atoms with Gasteiger partial charge in [-0.05, 0) is 40.2 Å². The van der Waals surface area contributed by atoms with Crippen molar-refractivity contribution in [2.24, 2.45) is 0 Å². The number of hydrogen-bond acceptors (Lipinski definition) is 3. The standard InChI is InChI=1S/C16H32N2O/c1-16(2)13-17(3)12-15(10-11-19)18(16)14-8-6-4-5-7-9-14/h14-15,19H,4-13H2,1-3H3. The zero-order valence-corrected chi connectivity index (χ0v) is 13.1. The molecule has 1 atom stereocenters. The number of aliphatic hydroxyl groups excluding tert-OH is 1. The maximum Gasteiger partial charge on any atom is 0.0446 e. The molecule has 1 unspecified atom stereocenters. The smallest absolute Gasteiger partial charge is 0.0446 e. The van der Waals surface area contributed by atoms with Crippen LogP contribution in [-0.2, 0) is 0 Å². The minimum atomic E-state index is 0.238. The first-order valence-corrected chi connectivity index (χ1v) is 8.12. The molecule has 0 radical (unpaired) electrons. The Morgan fingerprint density at radius 2 is 1.74 bits per heavy atom. The Morgan fingerprint density at radius 1 is 1.11 bits per heavy atom. The number of aliphatic hydroxyl groups is 1. The van der Waals surface area contributed by atoms with Crippen LogP contribution in [0.25, 0.3) is 0 Å². The summed E-state index contributed by atoms with van der Waals surface area (Å²) in [5.41, 5.74) is 0.238. The van der Waals surface area contributed by atoms with E-state index in [1.807, 2.05) is 0 Å². The van der Waals surface area contributed by atoms with Crippen LogP contribution < -0.4 is 0 Å². The van der Waals surface area contributed by atoms with Gasteiger partial charge in [0.05, 0.1) is 0 Å².